The topological polar surface area (TPSA) is 66.5 Å². The van der Waals surface area contributed by atoms with Gasteiger partial charge in [0.25, 0.3) is 0 Å². The summed E-state index contributed by atoms with van der Waals surface area (Å²) in [5.41, 5.74) is 0.986. The van der Waals surface area contributed by atoms with Gasteiger partial charge in [0.2, 0.25) is 0 Å². The lowest BCUT2D eigenvalue weighted by molar-refractivity contribution is 0.236. The number of nitrogens with zero attached hydrogens (tertiary/aromatic N) is 2. The molecule has 2 aromatic rings. The highest BCUT2D eigenvalue weighted by Crippen LogP contribution is 2.21. The van der Waals surface area contributed by atoms with E-state index in [0.29, 0.717) is 19.7 Å². The van der Waals surface area contributed by atoms with Gasteiger partial charge in [-0.2, -0.15) is 0 Å². The molecular weight excluding hydrogens is 340 g/mol. The maximum atomic E-state index is 11.9. The first-order valence-electron chi connectivity index (χ1n) is 9.60. The van der Waals surface area contributed by atoms with Crippen LogP contribution < -0.4 is 20.3 Å². The molecule has 0 spiro atoms. The summed E-state index contributed by atoms with van der Waals surface area (Å²) >= 11 is 0. The number of carbonyl (C=O) groups is 1. The van der Waals surface area contributed by atoms with E-state index >= 15 is 0 Å². The van der Waals surface area contributed by atoms with Gasteiger partial charge in [0.05, 0.1) is 6.54 Å². The minimum absolute atomic E-state index is 0.208. The molecule has 1 fully saturated rings. The molecule has 1 aromatic heterocycles. The number of para-hydroxylation sites is 1. The third-order valence-electron chi connectivity index (χ3n) is 4.77. The van der Waals surface area contributed by atoms with E-state index in [1.165, 1.54) is 12.8 Å². The van der Waals surface area contributed by atoms with Crippen LogP contribution in [0.3, 0.4) is 0 Å². The summed E-state index contributed by atoms with van der Waals surface area (Å²) in [6.07, 6.45) is 4.28. The van der Waals surface area contributed by atoms with E-state index in [9.17, 15) is 4.79 Å². The number of anilines is 1. The average Bonchev–Trinajstić information content (AvgIpc) is 2.71. The summed E-state index contributed by atoms with van der Waals surface area (Å²) in [5, 5.41) is 5.63. The summed E-state index contributed by atoms with van der Waals surface area (Å²) in [6, 6.07) is 13.4. The number of hydrogen-bond acceptors (Lipinski definition) is 4. The van der Waals surface area contributed by atoms with Gasteiger partial charge in [0.15, 0.2) is 0 Å². The molecule has 2 N–H and O–H groups in total. The molecule has 6 nitrogen and oxygen atoms in total. The Morgan fingerprint density at radius 1 is 1.15 bits per heavy atom. The van der Waals surface area contributed by atoms with Gasteiger partial charge in [-0.15, -0.1) is 0 Å². The Balaban J connectivity index is 1.34. The zero-order valence-electron chi connectivity index (χ0n) is 15.9. The van der Waals surface area contributed by atoms with Gasteiger partial charge >= 0.3 is 6.03 Å². The number of carbonyl (C=O) groups excluding carboxylic acids is 1. The maximum Gasteiger partial charge on any atom is 0.315 e. The molecular formula is C21H28N4O2. The normalized spacial score (nSPS) is 14.6. The second-order valence-electron chi connectivity index (χ2n) is 6.97. The van der Waals surface area contributed by atoms with E-state index in [4.69, 9.17) is 4.74 Å². The Kier molecular flexibility index (Phi) is 6.90. The molecule has 144 valence electrons. The van der Waals surface area contributed by atoms with Gasteiger partial charge in [-0.1, -0.05) is 31.2 Å². The number of ether oxygens (including phenoxy) is 1. The molecule has 0 atom stereocenters. The van der Waals surface area contributed by atoms with Crippen molar-refractivity contribution in [1.29, 1.82) is 0 Å². The van der Waals surface area contributed by atoms with Crippen molar-refractivity contribution in [2.24, 2.45) is 5.92 Å². The summed E-state index contributed by atoms with van der Waals surface area (Å²) in [7, 11) is 0. The molecule has 0 bridgehead atoms. The predicted molar refractivity (Wildman–Crippen MR) is 107 cm³/mol. The number of hydrogen-bond donors (Lipinski definition) is 2. The molecule has 3 rings (SSSR count). The monoisotopic (exact) mass is 368 g/mol. The predicted octanol–water partition coefficient (Wildman–Crippen LogP) is 3.20. The number of benzene rings is 1. The van der Waals surface area contributed by atoms with E-state index < -0.39 is 0 Å². The molecule has 27 heavy (non-hydrogen) atoms. The van der Waals surface area contributed by atoms with Gasteiger partial charge in [-0.3, -0.25) is 0 Å². The standard InChI is InChI=1S/C21H28N4O2/c1-17-9-12-25(13-10-17)20-8-7-18(15-23-20)16-24-21(26)22-11-14-27-19-5-3-2-4-6-19/h2-8,15,17H,9-14,16H2,1H3,(H2,22,24,26). The maximum absolute atomic E-state index is 11.9. The lowest BCUT2D eigenvalue weighted by atomic mass is 9.99. The SMILES string of the molecule is CC1CCN(c2ccc(CNC(=O)NCCOc3ccccc3)cn2)CC1. The van der Waals surface area contributed by atoms with Crippen molar-refractivity contribution in [1.82, 2.24) is 15.6 Å². The van der Waals surface area contributed by atoms with Crippen molar-refractivity contribution < 1.29 is 9.53 Å². The van der Waals surface area contributed by atoms with Gasteiger partial charge in [0, 0.05) is 25.8 Å². The molecule has 1 aliphatic rings. The quantitative estimate of drug-likeness (QED) is 0.737. The Bertz CT molecular complexity index is 698. The summed E-state index contributed by atoms with van der Waals surface area (Å²) in [4.78, 5) is 18.7. The highest BCUT2D eigenvalue weighted by molar-refractivity contribution is 5.73. The van der Waals surface area contributed by atoms with E-state index in [1.54, 1.807) is 0 Å². The van der Waals surface area contributed by atoms with Crippen LogP contribution >= 0.6 is 0 Å². The Labute approximate surface area is 160 Å². The number of amides is 2. The molecule has 2 heterocycles. The van der Waals surface area contributed by atoms with Crippen molar-refractivity contribution in [2.75, 3.05) is 31.1 Å². The highest BCUT2D eigenvalue weighted by atomic mass is 16.5. The average molecular weight is 368 g/mol. The van der Waals surface area contributed by atoms with Crippen LogP contribution in [0.4, 0.5) is 10.6 Å². The van der Waals surface area contributed by atoms with Crippen molar-refractivity contribution in [2.45, 2.75) is 26.3 Å². The lowest BCUT2D eigenvalue weighted by Gasteiger charge is -2.31. The van der Waals surface area contributed by atoms with Crippen molar-refractivity contribution >= 4 is 11.8 Å². The number of urea groups is 1. The van der Waals surface area contributed by atoms with Gasteiger partial charge in [-0.25, -0.2) is 9.78 Å². The minimum Gasteiger partial charge on any atom is -0.492 e. The smallest absolute Gasteiger partial charge is 0.315 e. The zero-order chi connectivity index (χ0) is 18.9. The van der Waals surface area contributed by atoms with Crippen LogP contribution in [0.1, 0.15) is 25.3 Å². The highest BCUT2D eigenvalue weighted by Gasteiger charge is 2.16. The van der Waals surface area contributed by atoms with Crippen LogP contribution in [0, 0.1) is 5.92 Å². The number of piperidine rings is 1. The third-order valence-corrected chi connectivity index (χ3v) is 4.77. The first-order valence-corrected chi connectivity index (χ1v) is 9.60. The van der Waals surface area contributed by atoms with Gasteiger partial charge in [0.1, 0.15) is 18.2 Å². The Morgan fingerprint density at radius 2 is 1.93 bits per heavy atom. The van der Waals surface area contributed by atoms with E-state index in [2.05, 4.69) is 27.4 Å². The second kappa shape index (κ2) is 9.80. The van der Waals surface area contributed by atoms with Crippen LogP contribution in [0.15, 0.2) is 48.7 Å². The first-order chi connectivity index (χ1) is 13.2. The summed E-state index contributed by atoms with van der Waals surface area (Å²) < 4.78 is 5.54. The summed E-state index contributed by atoms with van der Waals surface area (Å²) in [5.74, 6) is 2.63. The van der Waals surface area contributed by atoms with Crippen molar-refractivity contribution in [3.05, 3.63) is 54.2 Å². The fourth-order valence-corrected chi connectivity index (χ4v) is 3.04. The molecule has 1 aromatic carbocycles. The largest absolute Gasteiger partial charge is 0.492 e. The number of rotatable bonds is 7. The van der Waals surface area contributed by atoms with Crippen LogP contribution in [0.2, 0.25) is 0 Å². The fourth-order valence-electron chi connectivity index (χ4n) is 3.04. The Hall–Kier alpha value is -2.76. The third kappa shape index (κ3) is 6.16. The van der Waals surface area contributed by atoms with Crippen LogP contribution in [-0.4, -0.2) is 37.3 Å². The molecule has 6 heteroatoms. The van der Waals surface area contributed by atoms with E-state index in [0.717, 1.165) is 36.1 Å². The van der Waals surface area contributed by atoms with Gasteiger partial charge < -0.3 is 20.3 Å². The van der Waals surface area contributed by atoms with E-state index in [-0.39, 0.29) is 6.03 Å². The van der Waals surface area contributed by atoms with E-state index in [1.807, 2.05) is 48.7 Å². The number of nitrogens with one attached hydrogen (secondary N) is 2. The van der Waals surface area contributed by atoms with Crippen LogP contribution in [0.25, 0.3) is 0 Å². The van der Waals surface area contributed by atoms with Crippen LogP contribution in [0.5, 0.6) is 5.75 Å². The minimum atomic E-state index is -0.208. The molecule has 0 unspecified atom stereocenters. The molecule has 1 saturated heterocycles. The van der Waals surface area contributed by atoms with Crippen molar-refractivity contribution in [3.8, 4) is 5.75 Å². The molecule has 2 amide bonds. The molecule has 0 radical (unpaired) electrons. The summed E-state index contributed by atoms with van der Waals surface area (Å²) in [6.45, 7) is 5.78. The van der Waals surface area contributed by atoms with Crippen molar-refractivity contribution in [3.63, 3.8) is 0 Å². The molecule has 1 aliphatic heterocycles. The molecule has 0 saturated carbocycles. The Morgan fingerprint density at radius 3 is 2.63 bits per heavy atom. The number of pyridine rings is 1. The lowest BCUT2D eigenvalue weighted by Crippen LogP contribution is -2.37. The molecule has 0 aliphatic carbocycles. The zero-order valence-corrected chi connectivity index (χ0v) is 15.9. The van der Waals surface area contributed by atoms with Gasteiger partial charge in [-0.05, 0) is 42.5 Å². The first kappa shape index (κ1) is 19.0. The second-order valence-corrected chi connectivity index (χ2v) is 6.97. The number of aromatic nitrogens is 1. The van der Waals surface area contributed by atoms with Crippen LogP contribution in [-0.2, 0) is 6.54 Å². The fraction of sp³-hybridized carbons (Fsp3) is 0.429.